The molecule has 2 heteroatoms. The molecule has 0 N–H and O–H groups in total. The highest BCUT2D eigenvalue weighted by Crippen LogP contribution is 2.32. The molecule has 1 aliphatic heterocycles. The van der Waals surface area contributed by atoms with Gasteiger partial charge in [0, 0.05) is 30.6 Å². The van der Waals surface area contributed by atoms with Crippen LogP contribution in [0.4, 0.5) is 11.4 Å². The van der Waals surface area contributed by atoms with Gasteiger partial charge in [0.2, 0.25) is 0 Å². The minimum atomic E-state index is 0.971. The fourth-order valence-electron chi connectivity index (χ4n) is 4.96. The van der Waals surface area contributed by atoms with Crippen molar-refractivity contribution in [3.8, 4) is 0 Å². The van der Waals surface area contributed by atoms with E-state index in [2.05, 4.69) is 110 Å². The minimum Gasteiger partial charge on any atom is -0.363 e. The van der Waals surface area contributed by atoms with Crippen LogP contribution < -0.4 is 4.90 Å². The van der Waals surface area contributed by atoms with E-state index in [1.54, 1.807) is 0 Å². The second-order valence-electron chi connectivity index (χ2n) is 9.07. The van der Waals surface area contributed by atoms with Crippen LogP contribution in [0.5, 0.6) is 0 Å². The summed E-state index contributed by atoms with van der Waals surface area (Å²) < 4.78 is 0. The summed E-state index contributed by atoms with van der Waals surface area (Å²) in [7, 11) is 0. The van der Waals surface area contributed by atoms with Gasteiger partial charge in [-0.15, -0.1) is 0 Å². The summed E-state index contributed by atoms with van der Waals surface area (Å²) in [4.78, 5) is 7.30. The number of rotatable bonds is 3. The molecule has 0 bridgehead atoms. The lowest BCUT2D eigenvalue weighted by molar-refractivity contribution is 0.880. The molecule has 33 heavy (non-hydrogen) atoms. The standard InChI is InChI=1S/C31H26N2/c1-21-15-25-19-33(20-26(25)16-22(21)2)28-13-11-27(12-14-28)32-18-31-29-9-5-3-7-23(29)17-24-8-4-6-10-30(24)31/h3-18H,19-20H2,1-2H3. The Morgan fingerprint density at radius 2 is 1.21 bits per heavy atom. The van der Waals surface area contributed by atoms with E-state index in [0.717, 1.165) is 18.8 Å². The van der Waals surface area contributed by atoms with E-state index in [1.165, 1.54) is 55.0 Å². The molecule has 0 unspecified atom stereocenters. The SMILES string of the molecule is Cc1cc2c(cc1C)CN(c1ccc(N=Cc3c4ccccc4cc4ccccc34)cc1)C2. The third-order valence-electron chi connectivity index (χ3n) is 6.91. The summed E-state index contributed by atoms with van der Waals surface area (Å²) in [5, 5.41) is 4.95. The fraction of sp³-hybridized carbons (Fsp3) is 0.129. The smallest absolute Gasteiger partial charge is 0.0631 e. The van der Waals surface area contributed by atoms with Gasteiger partial charge in [-0.25, -0.2) is 0 Å². The third kappa shape index (κ3) is 3.58. The summed E-state index contributed by atoms with van der Waals surface area (Å²) in [6.07, 6.45) is 2.02. The van der Waals surface area contributed by atoms with Crippen LogP contribution >= 0.6 is 0 Å². The van der Waals surface area contributed by atoms with Gasteiger partial charge in [-0.3, -0.25) is 4.99 Å². The molecule has 0 spiro atoms. The summed E-state index contributed by atoms with van der Waals surface area (Å²) >= 11 is 0. The number of aliphatic imine (C=N–C) groups is 1. The molecule has 0 aliphatic carbocycles. The molecule has 6 rings (SSSR count). The van der Waals surface area contributed by atoms with Gasteiger partial charge in [-0.05, 0) is 88.0 Å². The zero-order valence-corrected chi connectivity index (χ0v) is 19.0. The van der Waals surface area contributed by atoms with Gasteiger partial charge in [0.15, 0.2) is 0 Å². The van der Waals surface area contributed by atoms with E-state index in [1.807, 2.05) is 6.21 Å². The van der Waals surface area contributed by atoms with Gasteiger partial charge in [0.25, 0.3) is 0 Å². The van der Waals surface area contributed by atoms with Crippen LogP contribution in [0.2, 0.25) is 0 Å². The lowest BCUT2D eigenvalue weighted by Crippen LogP contribution is -2.13. The van der Waals surface area contributed by atoms with Gasteiger partial charge in [0.05, 0.1) is 5.69 Å². The van der Waals surface area contributed by atoms with E-state index in [4.69, 9.17) is 4.99 Å². The van der Waals surface area contributed by atoms with Gasteiger partial charge < -0.3 is 4.90 Å². The molecule has 5 aromatic carbocycles. The van der Waals surface area contributed by atoms with Crippen LogP contribution in [0, 0.1) is 13.8 Å². The molecule has 160 valence electrons. The average molecular weight is 427 g/mol. The van der Waals surface area contributed by atoms with Crippen molar-refractivity contribution >= 4 is 39.1 Å². The Hall–Kier alpha value is -3.91. The zero-order valence-electron chi connectivity index (χ0n) is 19.0. The molecule has 0 radical (unpaired) electrons. The number of benzene rings is 5. The quantitative estimate of drug-likeness (QED) is 0.212. The van der Waals surface area contributed by atoms with Crippen LogP contribution in [0.15, 0.2) is 96.0 Å². The molecule has 1 heterocycles. The second kappa shape index (κ2) is 7.90. The first-order chi connectivity index (χ1) is 16.2. The maximum Gasteiger partial charge on any atom is 0.0631 e. The highest BCUT2D eigenvalue weighted by Gasteiger charge is 2.20. The molecule has 0 saturated carbocycles. The van der Waals surface area contributed by atoms with Crippen LogP contribution in [-0.2, 0) is 13.1 Å². The minimum absolute atomic E-state index is 0.971. The molecule has 0 fully saturated rings. The monoisotopic (exact) mass is 426 g/mol. The molecule has 1 aliphatic rings. The topological polar surface area (TPSA) is 15.6 Å². The molecule has 0 aromatic heterocycles. The molecule has 2 nitrogen and oxygen atoms in total. The second-order valence-corrected chi connectivity index (χ2v) is 9.07. The Kier molecular flexibility index (Phi) is 4.73. The van der Waals surface area contributed by atoms with Crippen molar-refractivity contribution in [2.45, 2.75) is 26.9 Å². The first-order valence-electron chi connectivity index (χ1n) is 11.5. The van der Waals surface area contributed by atoms with Crippen LogP contribution in [-0.4, -0.2) is 6.21 Å². The van der Waals surface area contributed by atoms with Gasteiger partial charge in [-0.2, -0.15) is 0 Å². The first kappa shape index (κ1) is 19.8. The Balaban J connectivity index is 1.30. The Labute approximate surface area is 194 Å². The van der Waals surface area contributed by atoms with E-state index >= 15 is 0 Å². The van der Waals surface area contributed by atoms with Crippen LogP contribution in [0.1, 0.15) is 27.8 Å². The lowest BCUT2D eigenvalue weighted by atomic mass is 9.97. The Bertz CT molecular complexity index is 1440. The molecular weight excluding hydrogens is 400 g/mol. The summed E-state index contributed by atoms with van der Waals surface area (Å²) in [6.45, 7) is 6.34. The third-order valence-corrected chi connectivity index (χ3v) is 6.91. The number of nitrogens with zero attached hydrogens (tertiary/aromatic N) is 2. The predicted octanol–water partition coefficient (Wildman–Crippen LogP) is 7.88. The lowest BCUT2D eigenvalue weighted by Gasteiger charge is -2.17. The van der Waals surface area contributed by atoms with Crippen LogP contribution in [0.25, 0.3) is 21.5 Å². The summed E-state index contributed by atoms with van der Waals surface area (Å²) in [6, 6.07) is 32.7. The van der Waals surface area contributed by atoms with Gasteiger partial charge in [0.1, 0.15) is 0 Å². The predicted molar refractivity (Wildman–Crippen MR) is 141 cm³/mol. The molecule has 0 atom stereocenters. The first-order valence-corrected chi connectivity index (χ1v) is 11.5. The number of hydrogen-bond acceptors (Lipinski definition) is 2. The number of hydrogen-bond donors (Lipinski definition) is 0. The highest BCUT2D eigenvalue weighted by molar-refractivity contribution is 6.13. The molecule has 0 amide bonds. The van der Waals surface area contributed by atoms with E-state index < -0.39 is 0 Å². The fourth-order valence-corrected chi connectivity index (χ4v) is 4.96. The van der Waals surface area contributed by atoms with Crippen molar-refractivity contribution in [1.82, 2.24) is 0 Å². The Morgan fingerprint density at radius 3 is 1.79 bits per heavy atom. The maximum absolute atomic E-state index is 4.86. The van der Waals surface area contributed by atoms with Gasteiger partial charge in [-0.1, -0.05) is 60.7 Å². The number of aryl methyl sites for hydroxylation is 2. The van der Waals surface area contributed by atoms with Crippen molar-refractivity contribution < 1.29 is 0 Å². The van der Waals surface area contributed by atoms with E-state index in [-0.39, 0.29) is 0 Å². The van der Waals surface area contributed by atoms with Crippen molar-refractivity contribution in [1.29, 1.82) is 0 Å². The summed E-state index contributed by atoms with van der Waals surface area (Å²) in [5.74, 6) is 0. The molecular formula is C31H26N2. The number of fused-ring (bicyclic) bond motifs is 3. The van der Waals surface area contributed by atoms with Crippen molar-refractivity contribution in [2.24, 2.45) is 4.99 Å². The zero-order chi connectivity index (χ0) is 22.4. The molecule has 5 aromatic rings. The maximum atomic E-state index is 4.86. The van der Waals surface area contributed by atoms with E-state index in [9.17, 15) is 0 Å². The number of anilines is 1. The average Bonchev–Trinajstić information content (AvgIpc) is 3.25. The van der Waals surface area contributed by atoms with Crippen molar-refractivity contribution in [2.75, 3.05) is 4.90 Å². The highest BCUT2D eigenvalue weighted by atomic mass is 15.1. The summed E-state index contributed by atoms with van der Waals surface area (Å²) in [5.41, 5.74) is 9.04. The normalized spacial score (nSPS) is 13.3. The van der Waals surface area contributed by atoms with Gasteiger partial charge >= 0.3 is 0 Å². The van der Waals surface area contributed by atoms with E-state index in [0.29, 0.717) is 0 Å². The van der Waals surface area contributed by atoms with Crippen LogP contribution in [0.3, 0.4) is 0 Å². The van der Waals surface area contributed by atoms with Crippen molar-refractivity contribution in [3.05, 3.63) is 119 Å². The molecule has 0 saturated heterocycles. The largest absolute Gasteiger partial charge is 0.363 e. The van der Waals surface area contributed by atoms with Crippen molar-refractivity contribution in [3.63, 3.8) is 0 Å². The Morgan fingerprint density at radius 1 is 0.667 bits per heavy atom.